The highest BCUT2D eigenvalue weighted by molar-refractivity contribution is 5.69. The summed E-state index contributed by atoms with van der Waals surface area (Å²) in [6, 6.07) is 0. The third-order valence-corrected chi connectivity index (χ3v) is 5.94. The van der Waals surface area contributed by atoms with Crippen LogP contribution in [0.25, 0.3) is 0 Å². The minimum Gasteiger partial charge on any atom is -0.457 e. The third kappa shape index (κ3) is 12.6. The standard InChI is InChI=1S/C25H46O9/c1-2-3-4-5-6-7-8-9-10-11-12-13-14-15-21(28)33-19(16-26)18-32-25-24(31)23(30)22(29)20(17-27)34-25/h7-8,19-20,22-27,29-31H,2-6,9-18H2,1H3/b8-7+/t19-,20-,22+,23+,24-,25-/m1/s1. The molecule has 34 heavy (non-hydrogen) atoms. The molecule has 1 saturated heterocycles. The Morgan fingerprint density at radius 3 is 2.12 bits per heavy atom. The molecule has 1 rings (SSSR count). The van der Waals surface area contributed by atoms with E-state index in [1.165, 1.54) is 32.1 Å². The van der Waals surface area contributed by atoms with E-state index in [1.54, 1.807) is 0 Å². The van der Waals surface area contributed by atoms with Gasteiger partial charge in [-0.25, -0.2) is 0 Å². The van der Waals surface area contributed by atoms with Crippen molar-refractivity contribution in [2.24, 2.45) is 0 Å². The van der Waals surface area contributed by atoms with Crippen LogP contribution in [0.15, 0.2) is 12.2 Å². The number of rotatable bonds is 19. The van der Waals surface area contributed by atoms with Crippen molar-refractivity contribution in [3.05, 3.63) is 12.2 Å². The van der Waals surface area contributed by atoms with E-state index in [4.69, 9.17) is 14.2 Å². The molecule has 0 amide bonds. The van der Waals surface area contributed by atoms with Gasteiger partial charge in [0.2, 0.25) is 0 Å². The van der Waals surface area contributed by atoms with Crippen LogP contribution in [0.3, 0.4) is 0 Å². The molecule has 1 heterocycles. The van der Waals surface area contributed by atoms with Crippen molar-refractivity contribution in [3.63, 3.8) is 0 Å². The van der Waals surface area contributed by atoms with Crippen molar-refractivity contribution in [2.45, 2.75) is 121 Å². The lowest BCUT2D eigenvalue weighted by molar-refractivity contribution is -0.305. The summed E-state index contributed by atoms with van der Waals surface area (Å²) < 4.78 is 15.8. The molecule has 5 N–H and O–H groups in total. The summed E-state index contributed by atoms with van der Waals surface area (Å²) >= 11 is 0. The molecule has 1 aliphatic rings. The Morgan fingerprint density at radius 2 is 1.50 bits per heavy atom. The van der Waals surface area contributed by atoms with E-state index in [9.17, 15) is 30.3 Å². The monoisotopic (exact) mass is 490 g/mol. The van der Waals surface area contributed by atoms with Gasteiger partial charge in [0.25, 0.3) is 0 Å². The van der Waals surface area contributed by atoms with E-state index in [1.807, 2.05) is 0 Å². The lowest BCUT2D eigenvalue weighted by Gasteiger charge is -2.39. The molecule has 9 heteroatoms. The molecule has 1 aliphatic heterocycles. The first-order chi connectivity index (χ1) is 16.4. The molecule has 6 atom stereocenters. The maximum Gasteiger partial charge on any atom is 0.306 e. The van der Waals surface area contributed by atoms with Crippen molar-refractivity contribution in [1.82, 2.24) is 0 Å². The van der Waals surface area contributed by atoms with E-state index in [0.717, 1.165) is 32.1 Å². The Hall–Kier alpha value is -1.07. The predicted octanol–water partition coefficient (Wildman–Crippen LogP) is 1.96. The summed E-state index contributed by atoms with van der Waals surface area (Å²) in [6.45, 7) is 0.905. The molecule has 0 aromatic carbocycles. The van der Waals surface area contributed by atoms with Crippen LogP contribution in [0, 0.1) is 0 Å². The topological polar surface area (TPSA) is 146 Å². The van der Waals surface area contributed by atoms with Gasteiger partial charge in [-0.05, 0) is 32.1 Å². The molecular weight excluding hydrogens is 444 g/mol. The van der Waals surface area contributed by atoms with E-state index < -0.39 is 56.0 Å². The van der Waals surface area contributed by atoms with Crippen LogP contribution in [-0.4, -0.2) is 88.1 Å². The Bertz CT molecular complexity index is 540. The Balaban J connectivity index is 2.12. The number of aliphatic hydroxyl groups is 5. The van der Waals surface area contributed by atoms with Crippen molar-refractivity contribution >= 4 is 5.97 Å². The van der Waals surface area contributed by atoms with Gasteiger partial charge in [-0.15, -0.1) is 0 Å². The summed E-state index contributed by atoms with van der Waals surface area (Å²) in [5.74, 6) is -0.442. The van der Waals surface area contributed by atoms with Crippen LogP contribution >= 0.6 is 0 Å². The number of allylic oxidation sites excluding steroid dienone is 2. The number of esters is 1. The van der Waals surface area contributed by atoms with Gasteiger partial charge in [-0.3, -0.25) is 4.79 Å². The fourth-order valence-electron chi connectivity index (χ4n) is 3.76. The van der Waals surface area contributed by atoms with E-state index in [-0.39, 0.29) is 13.0 Å². The molecule has 200 valence electrons. The average Bonchev–Trinajstić information content (AvgIpc) is 2.84. The van der Waals surface area contributed by atoms with E-state index in [0.29, 0.717) is 6.42 Å². The summed E-state index contributed by atoms with van der Waals surface area (Å²) in [7, 11) is 0. The zero-order chi connectivity index (χ0) is 25.2. The van der Waals surface area contributed by atoms with Crippen LogP contribution in [0.1, 0.15) is 84.0 Å². The third-order valence-electron chi connectivity index (χ3n) is 5.94. The lowest BCUT2D eigenvalue weighted by Crippen LogP contribution is -2.59. The maximum atomic E-state index is 12.0. The highest BCUT2D eigenvalue weighted by Gasteiger charge is 2.44. The van der Waals surface area contributed by atoms with Crippen LogP contribution in [-0.2, 0) is 19.0 Å². The molecule has 0 unspecified atom stereocenters. The van der Waals surface area contributed by atoms with Crippen molar-refractivity contribution < 1.29 is 44.5 Å². The predicted molar refractivity (Wildman–Crippen MR) is 127 cm³/mol. The largest absolute Gasteiger partial charge is 0.457 e. The minimum atomic E-state index is -1.56. The van der Waals surface area contributed by atoms with Crippen LogP contribution in [0.5, 0.6) is 0 Å². The first-order valence-corrected chi connectivity index (χ1v) is 12.8. The van der Waals surface area contributed by atoms with Crippen LogP contribution < -0.4 is 0 Å². The summed E-state index contributed by atoms with van der Waals surface area (Å²) in [5, 5.41) is 48.2. The van der Waals surface area contributed by atoms with Gasteiger partial charge in [0.05, 0.1) is 19.8 Å². The van der Waals surface area contributed by atoms with Gasteiger partial charge in [0, 0.05) is 6.42 Å². The second kappa shape index (κ2) is 19.2. The molecule has 0 radical (unpaired) electrons. The number of carbonyl (C=O) groups is 1. The molecule has 0 saturated carbocycles. The fourth-order valence-corrected chi connectivity index (χ4v) is 3.76. The minimum absolute atomic E-state index is 0.244. The summed E-state index contributed by atoms with van der Waals surface area (Å²) in [6.07, 6.45) is 9.25. The number of unbranched alkanes of at least 4 members (excludes halogenated alkanes) is 9. The van der Waals surface area contributed by atoms with E-state index >= 15 is 0 Å². The fraction of sp³-hybridized carbons (Fsp3) is 0.880. The summed E-state index contributed by atoms with van der Waals surface area (Å²) in [5.41, 5.74) is 0. The molecule has 1 fully saturated rings. The van der Waals surface area contributed by atoms with Gasteiger partial charge in [0.1, 0.15) is 30.5 Å². The SMILES string of the molecule is CCCCCC/C=C/CCCCCCCC(=O)O[C@H](CO)CO[C@@H]1O[C@H](CO)[C@H](O)[C@H](O)[C@H]1O. The average molecular weight is 491 g/mol. The van der Waals surface area contributed by atoms with Crippen LogP contribution in [0.4, 0.5) is 0 Å². The smallest absolute Gasteiger partial charge is 0.306 e. The van der Waals surface area contributed by atoms with Gasteiger partial charge < -0.3 is 39.7 Å². The number of hydrogen-bond acceptors (Lipinski definition) is 9. The molecule has 0 spiro atoms. The Morgan fingerprint density at radius 1 is 0.882 bits per heavy atom. The highest BCUT2D eigenvalue weighted by Crippen LogP contribution is 2.22. The van der Waals surface area contributed by atoms with Gasteiger partial charge >= 0.3 is 5.97 Å². The second-order valence-corrected chi connectivity index (χ2v) is 8.95. The summed E-state index contributed by atoms with van der Waals surface area (Å²) in [4.78, 5) is 12.0. The van der Waals surface area contributed by atoms with E-state index in [2.05, 4.69) is 19.1 Å². The zero-order valence-corrected chi connectivity index (χ0v) is 20.6. The normalized spacial score (nSPS) is 26.1. The molecule has 0 aliphatic carbocycles. The van der Waals surface area contributed by atoms with Crippen molar-refractivity contribution in [2.75, 3.05) is 19.8 Å². The second-order valence-electron chi connectivity index (χ2n) is 8.95. The maximum absolute atomic E-state index is 12.0. The lowest BCUT2D eigenvalue weighted by atomic mass is 9.99. The number of carbonyl (C=O) groups excluding carboxylic acids is 1. The molecule has 0 aromatic heterocycles. The number of hydrogen-bond donors (Lipinski definition) is 5. The van der Waals surface area contributed by atoms with Crippen LogP contribution in [0.2, 0.25) is 0 Å². The first-order valence-electron chi connectivity index (χ1n) is 12.8. The van der Waals surface area contributed by atoms with Crippen molar-refractivity contribution in [1.29, 1.82) is 0 Å². The van der Waals surface area contributed by atoms with Gasteiger partial charge in [-0.1, -0.05) is 57.6 Å². The van der Waals surface area contributed by atoms with Crippen molar-refractivity contribution in [3.8, 4) is 0 Å². The van der Waals surface area contributed by atoms with Gasteiger partial charge in [0.15, 0.2) is 6.29 Å². The molecule has 0 aromatic rings. The Labute approximate surface area is 203 Å². The molecule has 0 bridgehead atoms. The quantitative estimate of drug-likeness (QED) is 0.104. The number of aliphatic hydroxyl groups excluding tert-OH is 5. The highest BCUT2D eigenvalue weighted by atomic mass is 16.7. The zero-order valence-electron chi connectivity index (χ0n) is 20.6. The van der Waals surface area contributed by atoms with Gasteiger partial charge in [-0.2, -0.15) is 0 Å². The number of ether oxygens (including phenoxy) is 3. The Kier molecular flexibility index (Phi) is 17.4. The molecular formula is C25H46O9. The molecule has 9 nitrogen and oxygen atoms in total. The first kappa shape index (κ1) is 31.0.